The molecule has 88 valence electrons. The molecule has 0 bridgehead atoms. The van der Waals surface area contributed by atoms with Crippen LogP contribution in [0.3, 0.4) is 0 Å². The molecule has 0 aromatic carbocycles. The van der Waals surface area contributed by atoms with E-state index in [9.17, 15) is 4.21 Å². The van der Waals surface area contributed by atoms with Crippen LogP contribution in [-0.2, 0) is 11.3 Å². The third-order valence-electron chi connectivity index (χ3n) is 1.22. The Morgan fingerprint density at radius 2 is 2.13 bits per heavy atom. The minimum atomic E-state index is -2.13. The van der Waals surface area contributed by atoms with Crippen molar-refractivity contribution in [1.29, 1.82) is 5.26 Å². The van der Waals surface area contributed by atoms with Gasteiger partial charge in [-0.05, 0) is 0 Å². The first-order valence-electron chi connectivity index (χ1n) is 3.74. The molecule has 9 heteroatoms. The molecule has 15 heavy (non-hydrogen) atoms. The molecule has 0 aliphatic rings. The minimum Gasteiger partial charge on any atom is -0.294 e. The zero-order chi connectivity index (χ0) is 11.9. The molecule has 0 rings (SSSR count). The molecule has 0 amide bonds. The summed E-state index contributed by atoms with van der Waals surface area (Å²) in [6.07, 6.45) is 0. The molecule has 0 fully saturated rings. The molecule has 0 aliphatic heterocycles. The molecule has 0 heterocycles. The van der Waals surface area contributed by atoms with E-state index in [4.69, 9.17) is 44.6 Å². The van der Waals surface area contributed by atoms with E-state index >= 15 is 0 Å². The van der Waals surface area contributed by atoms with Crippen LogP contribution in [0.15, 0.2) is 0 Å². The Morgan fingerprint density at radius 1 is 1.53 bits per heavy atom. The lowest BCUT2D eigenvalue weighted by molar-refractivity contribution is 0.443. The summed E-state index contributed by atoms with van der Waals surface area (Å²) in [5, 5.41) is 8.36. The Bertz CT molecular complexity index is 254. The molecule has 0 aromatic rings. The Morgan fingerprint density at radius 3 is 2.53 bits per heavy atom. The van der Waals surface area contributed by atoms with Gasteiger partial charge in [0.15, 0.2) is 3.79 Å². The van der Waals surface area contributed by atoms with E-state index in [2.05, 4.69) is 0 Å². The second-order valence-electron chi connectivity index (χ2n) is 2.42. The van der Waals surface area contributed by atoms with Crippen LogP contribution >= 0.6 is 46.6 Å². The predicted octanol–water partition coefficient (Wildman–Crippen LogP) is 2.05. The third-order valence-corrected chi connectivity index (χ3v) is 3.96. The van der Waals surface area contributed by atoms with Gasteiger partial charge in [0.2, 0.25) is 11.3 Å². The fraction of sp³-hybridized carbons (Fsp3) is 0.833. The van der Waals surface area contributed by atoms with Crippen LogP contribution < -0.4 is 0 Å². The van der Waals surface area contributed by atoms with Crippen molar-refractivity contribution >= 4 is 57.8 Å². The van der Waals surface area contributed by atoms with Gasteiger partial charge in [0.1, 0.15) is 6.54 Å². The standard InChI is InChI=1S/C6H9Cl3N2O2S2/c7-6(8,9)5-14-4-3-11(2-1-10)15(12)13/h2-5H2,(H,12,13). The van der Waals surface area contributed by atoms with Crippen molar-refractivity contribution in [3.05, 3.63) is 0 Å². The van der Waals surface area contributed by atoms with Gasteiger partial charge in [0.05, 0.1) is 6.07 Å². The summed E-state index contributed by atoms with van der Waals surface area (Å²) >= 11 is 15.7. The molecular formula is C6H9Cl3N2O2S2. The first kappa shape index (κ1) is 15.8. The van der Waals surface area contributed by atoms with Gasteiger partial charge in [-0.15, -0.1) is 0 Å². The van der Waals surface area contributed by atoms with E-state index in [1.165, 1.54) is 11.8 Å². The van der Waals surface area contributed by atoms with Crippen LogP contribution in [0.2, 0.25) is 0 Å². The van der Waals surface area contributed by atoms with Crippen molar-refractivity contribution in [2.75, 3.05) is 24.6 Å². The summed E-state index contributed by atoms with van der Waals surface area (Å²) in [5.74, 6) is 0.817. The normalized spacial score (nSPS) is 13.9. The maximum atomic E-state index is 10.7. The Labute approximate surface area is 110 Å². The maximum Gasteiger partial charge on any atom is 0.235 e. The summed E-state index contributed by atoms with van der Waals surface area (Å²) in [7, 11) is 0. The Kier molecular flexibility index (Phi) is 8.37. The Balaban J connectivity index is 3.73. The molecule has 0 saturated carbocycles. The quantitative estimate of drug-likeness (QED) is 0.353. The summed E-state index contributed by atoms with van der Waals surface area (Å²) in [5.41, 5.74) is 0. The average Bonchev–Trinajstić information content (AvgIpc) is 2.08. The molecule has 1 atom stereocenters. The van der Waals surface area contributed by atoms with E-state index in [1.54, 1.807) is 6.07 Å². The van der Waals surface area contributed by atoms with Crippen molar-refractivity contribution in [2.24, 2.45) is 0 Å². The molecule has 0 aromatic heterocycles. The van der Waals surface area contributed by atoms with Crippen LogP contribution in [0.5, 0.6) is 0 Å². The van der Waals surface area contributed by atoms with Crippen LogP contribution in [0.25, 0.3) is 0 Å². The van der Waals surface area contributed by atoms with Crippen molar-refractivity contribution in [2.45, 2.75) is 3.79 Å². The molecule has 1 unspecified atom stereocenters. The molecular weight excluding hydrogens is 303 g/mol. The van der Waals surface area contributed by atoms with Gasteiger partial charge >= 0.3 is 0 Å². The van der Waals surface area contributed by atoms with Crippen LogP contribution in [0, 0.1) is 11.3 Å². The highest BCUT2D eigenvalue weighted by atomic mass is 35.6. The van der Waals surface area contributed by atoms with Gasteiger partial charge < -0.3 is 0 Å². The van der Waals surface area contributed by atoms with Crippen molar-refractivity contribution in [3.63, 3.8) is 0 Å². The van der Waals surface area contributed by atoms with Crippen molar-refractivity contribution in [3.8, 4) is 6.07 Å². The summed E-state index contributed by atoms with van der Waals surface area (Å²) < 4.78 is 19.2. The molecule has 0 aliphatic carbocycles. The number of nitriles is 1. The highest BCUT2D eigenvalue weighted by molar-refractivity contribution is 7.99. The number of nitrogens with zero attached hydrogens (tertiary/aromatic N) is 2. The summed E-state index contributed by atoms with van der Waals surface area (Å²) in [4.78, 5) is 0. The smallest absolute Gasteiger partial charge is 0.235 e. The van der Waals surface area contributed by atoms with Gasteiger partial charge in [0, 0.05) is 18.1 Å². The first-order chi connectivity index (χ1) is 6.87. The first-order valence-corrected chi connectivity index (χ1v) is 7.09. The number of hydrogen-bond acceptors (Lipinski definition) is 3. The lowest BCUT2D eigenvalue weighted by Gasteiger charge is -2.14. The second-order valence-corrected chi connectivity index (χ2v) is 7.02. The SMILES string of the molecule is N#CCN(CCSCC(Cl)(Cl)Cl)S(=O)O. The van der Waals surface area contributed by atoms with Crippen LogP contribution in [0.1, 0.15) is 0 Å². The zero-order valence-electron chi connectivity index (χ0n) is 7.53. The highest BCUT2D eigenvalue weighted by Crippen LogP contribution is 2.30. The monoisotopic (exact) mass is 310 g/mol. The lowest BCUT2D eigenvalue weighted by Crippen LogP contribution is -2.28. The zero-order valence-corrected chi connectivity index (χ0v) is 11.4. The fourth-order valence-electron chi connectivity index (χ4n) is 0.646. The average molecular weight is 312 g/mol. The van der Waals surface area contributed by atoms with E-state index in [-0.39, 0.29) is 6.54 Å². The Hall–Kier alpha value is 0.780. The number of hydrogen-bond donors (Lipinski definition) is 1. The summed E-state index contributed by atoms with van der Waals surface area (Å²) in [6, 6.07) is 1.79. The van der Waals surface area contributed by atoms with Crippen molar-refractivity contribution < 1.29 is 8.76 Å². The number of thioether (sulfide) groups is 1. The van der Waals surface area contributed by atoms with Crippen LogP contribution in [0.4, 0.5) is 0 Å². The van der Waals surface area contributed by atoms with E-state index < -0.39 is 15.1 Å². The molecule has 1 N–H and O–H groups in total. The van der Waals surface area contributed by atoms with Crippen molar-refractivity contribution in [1.82, 2.24) is 4.31 Å². The van der Waals surface area contributed by atoms with E-state index in [0.29, 0.717) is 18.1 Å². The minimum absolute atomic E-state index is 0.0998. The molecule has 0 saturated heterocycles. The number of alkyl halides is 3. The second kappa shape index (κ2) is 7.96. The molecule has 0 spiro atoms. The fourth-order valence-corrected chi connectivity index (χ4v) is 2.60. The van der Waals surface area contributed by atoms with E-state index in [0.717, 1.165) is 4.31 Å². The topological polar surface area (TPSA) is 64.3 Å². The van der Waals surface area contributed by atoms with Gasteiger partial charge in [-0.1, -0.05) is 34.8 Å². The maximum absolute atomic E-state index is 10.7. The lowest BCUT2D eigenvalue weighted by atomic mass is 10.6. The van der Waals surface area contributed by atoms with E-state index in [1.807, 2.05) is 0 Å². The van der Waals surface area contributed by atoms with Gasteiger partial charge in [-0.2, -0.15) is 21.3 Å². The highest BCUT2D eigenvalue weighted by Gasteiger charge is 2.19. The largest absolute Gasteiger partial charge is 0.294 e. The van der Waals surface area contributed by atoms with Gasteiger partial charge in [-0.25, -0.2) is 4.21 Å². The number of halogens is 3. The van der Waals surface area contributed by atoms with Crippen LogP contribution in [-0.4, -0.2) is 41.5 Å². The predicted molar refractivity (Wildman–Crippen MR) is 65.6 cm³/mol. The number of rotatable bonds is 6. The molecule has 4 nitrogen and oxygen atoms in total. The summed E-state index contributed by atoms with van der Waals surface area (Å²) in [6.45, 7) is 0.194. The third kappa shape index (κ3) is 9.69. The van der Waals surface area contributed by atoms with Gasteiger partial charge in [-0.3, -0.25) is 4.55 Å². The van der Waals surface area contributed by atoms with Gasteiger partial charge in [0.25, 0.3) is 0 Å². The molecule has 0 radical (unpaired) electrons.